The third kappa shape index (κ3) is 2.60. The maximum absolute atomic E-state index is 7.51. The molecule has 0 radical (unpaired) electrons. The molecule has 0 spiro atoms. The number of rotatable bonds is 3. The minimum atomic E-state index is -0.0665. The average Bonchev–Trinajstić information content (AvgIpc) is 2.32. The molecule has 0 aliphatic carbocycles. The maximum Gasteiger partial charge on any atom is 0.148 e. The number of halogens is 1. The van der Waals surface area contributed by atoms with Crippen molar-refractivity contribution in [2.75, 3.05) is 0 Å². The normalized spacial score (nSPS) is 10.1. The Bertz CT molecular complexity index is 599. The first-order valence-electron chi connectivity index (χ1n) is 5.31. The van der Waals surface area contributed by atoms with Crippen LogP contribution in [-0.4, -0.2) is 10.8 Å². The van der Waals surface area contributed by atoms with Gasteiger partial charge in [-0.15, -0.1) is 0 Å². The van der Waals surface area contributed by atoms with Crippen molar-refractivity contribution < 1.29 is 4.74 Å². The van der Waals surface area contributed by atoms with Crippen LogP contribution in [0.5, 0.6) is 11.5 Å². The third-order valence-electron chi connectivity index (χ3n) is 2.41. The van der Waals surface area contributed by atoms with E-state index in [9.17, 15) is 0 Å². The third-order valence-corrected chi connectivity index (χ3v) is 2.65. The van der Waals surface area contributed by atoms with Gasteiger partial charge in [0, 0.05) is 17.3 Å². The summed E-state index contributed by atoms with van der Waals surface area (Å²) in [6.07, 6.45) is 1.69. The maximum atomic E-state index is 7.51. The number of amidine groups is 1. The number of benzene rings is 1. The van der Waals surface area contributed by atoms with Gasteiger partial charge in [0.2, 0.25) is 0 Å². The topological polar surface area (TPSA) is 72.0 Å². The van der Waals surface area contributed by atoms with E-state index in [4.69, 9.17) is 27.5 Å². The van der Waals surface area contributed by atoms with Gasteiger partial charge in [0.25, 0.3) is 0 Å². The Labute approximate surface area is 110 Å². The highest BCUT2D eigenvalue weighted by Gasteiger charge is 2.10. The Kier molecular flexibility index (Phi) is 3.48. The highest BCUT2D eigenvalue weighted by Crippen LogP contribution is 2.29. The number of aryl methyl sites for hydroxylation is 1. The summed E-state index contributed by atoms with van der Waals surface area (Å²) >= 11 is 5.92. The van der Waals surface area contributed by atoms with Crippen LogP contribution in [0.25, 0.3) is 0 Å². The van der Waals surface area contributed by atoms with Crippen LogP contribution in [0.3, 0.4) is 0 Å². The van der Waals surface area contributed by atoms with Crippen LogP contribution in [0.2, 0.25) is 5.02 Å². The highest BCUT2D eigenvalue weighted by atomic mass is 35.5. The quantitative estimate of drug-likeness (QED) is 0.659. The lowest BCUT2D eigenvalue weighted by Crippen LogP contribution is -2.12. The molecule has 0 atom stereocenters. The van der Waals surface area contributed by atoms with Crippen molar-refractivity contribution in [1.82, 2.24) is 4.98 Å². The molecule has 2 aromatic rings. The van der Waals surface area contributed by atoms with Gasteiger partial charge in [-0.2, -0.15) is 0 Å². The summed E-state index contributed by atoms with van der Waals surface area (Å²) in [4.78, 5) is 4.13. The van der Waals surface area contributed by atoms with Gasteiger partial charge >= 0.3 is 0 Å². The van der Waals surface area contributed by atoms with Gasteiger partial charge in [0.05, 0.1) is 11.3 Å². The largest absolute Gasteiger partial charge is 0.455 e. The van der Waals surface area contributed by atoms with E-state index in [1.807, 2.05) is 6.92 Å². The highest BCUT2D eigenvalue weighted by molar-refractivity contribution is 6.30. The Balaban J connectivity index is 2.42. The van der Waals surface area contributed by atoms with Crippen molar-refractivity contribution in [3.63, 3.8) is 0 Å². The van der Waals surface area contributed by atoms with Crippen molar-refractivity contribution in [3.05, 3.63) is 52.8 Å². The summed E-state index contributed by atoms with van der Waals surface area (Å²) in [6.45, 7) is 1.84. The monoisotopic (exact) mass is 261 g/mol. The number of nitrogens with zero attached hydrogens (tertiary/aromatic N) is 1. The number of hydrogen-bond acceptors (Lipinski definition) is 3. The molecule has 18 heavy (non-hydrogen) atoms. The number of hydrogen-bond donors (Lipinski definition) is 2. The fourth-order valence-corrected chi connectivity index (χ4v) is 1.66. The molecule has 1 aromatic heterocycles. The van der Waals surface area contributed by atoms with Gasteiger partial charge in [-0.1, -0.05) is 11.6 Å². The zero-order valence-electron chi connectivity index (χ0n) is 9.77. The number of pyridine rings is 1. The molecule has 92 valence electrons. The Morgan fingerprint density at radius 1 is 1.33 bits per heavy atom. The van der Waals surface area contributed by atoms with Crippen molar-refractivity contribution in [1.29, 1.82) is 5.41 Å². The predicted molar refractivity (Wildman–Crippen MR) is 71.5 cm³/mol. The van der Waals surface area contributed by atoms with E-state index in [1.165, 1.54) is 0 Å². The Hall–Kier alpha value is -2.07. The second-order valence-corrected chi connectivity index (χ2v) is 4.18. The van der Waals surface area contributed by atoms with Crippen LogP contribution in [0.4, 0.5) is 0 Å². The van der Waals surface area contributed by atoms with E-state index in [-0.39, 0.29) is 5.84 Å². The molecule has 0 aliphatic rings. The summed E-state index contributed by atoms with van der Waals surface area (Å²) < 4.78 is 5.71. The van der Waals surface area contributed by atoms with Gasteiger partial charge < -0.3 is 10.5 Å². The minimum absolute atomic E-state index is 0.0665. The van der Waals surface area contributed by atoms with Crippen LogP contribution >= 0.6 is 11.6 Å². The molecule has 3 N–H and O–H groups in total. The zero-order valence-corrected chi connectivity index (χ0v) is 10.5. The van der Waals surface area contributed by atoms with Crippen LogP contribution in [0.15, 0.2) is 36.5 Å². The summed E-state index contributed by atoms with van der Waals surface area (Å²) in [6, 6.07) is 8.53. The van der Waals surface area contributed by atoms with E-state index in [2.05, 4.69) is 4.98 Å². The van der Waals surface area contributed by atoms with E-state index < -0.39 is 0 Å². The molecular formula is C13H12ClN3O. The lowest BCUT2D eigenvalue weighted by molar-refractivity contribution is 0.474. The molecule has 0 fully saturated rings. The van der Waals surface area contributed by atoms with E-state index in [1.54, 1.807) is 36.5 Å². The SMILES string of the molecule is Cc1ncccc1Oc1cc(Cl)ccc1C(=N)N. The van der Waals surface area contributed by atoms with Crippen LogP contribution in [-0.2, 0) is 0 Å². The van der Waals surface area contributed by atoms with Gasteiger partial charge in [-0.3, -0.25) is 10.4 Å². The molecule has 0 saturated carbocycles. The fourth-order valence-electron chi connectivity index (χ4n) is 1.50. The van der Waals surface area contributed by atoms with E-state index in [0.717, 1.165) is 5.69 Å². The van der Waals surface area contributed by atoms with E-state index in [0.29, 0.717) is 22.1 Å². The van der Waals surface area contributed by atoms with Gasteiger partial charge in [0.1, 0.15) is 17.3 Å². The first-order valence-corrected chi connectivity index (χ1v) is 5.69. The molecule has 2 rings (SSSR count). The molecule has 0 unspecified atom stereocenters. The van der Waals surface area contributed by atoms with Crippen LogP contribution in [0.1, 0.15) is 11.3 Å². The second-order valence-electron chi connectivity index (χ2n) is 3.74. The average molecular weight is 262 g/mol. The molecule has 5 heteroatoms. The Morgan fingerprint density at radius 2 is 2.11 bits per heavy atom. The molecular weight excluding hydrogens is 250 g/mol. The second kappa shape index (κ2) is 5.06. The molecule has 0 aliphatic heterocycles. The molecule has 1 heterocycles. The van der Waals surface area contributed by atoms with Crippen molar-refractivity contribution >= 4 is 17.4 Å². The summed E-state index contributed by atoms with van der Waals surface area (Å²) in [5.41, 5.74) is 6.76. The van der Waals surface area contributed by atoms with Gasteiger partial charge in [-0.25, -0.2) is 0 Å². The Morgan fingerprint density at radius 3 is 2.78 bits per heavy atom. The summed E-state index contributed by atoms with van der Waals surface area (Å²) in [5.74, 6) is 0.997. The van der Waals surface area contributed by atoms with Crippen LogP contribution < -0.4 is 10.5 Å². The number of nitrogen functional groups attached to an aromatic ring is 1. The molecule has 4 nitrogen and oxygen atoms in total. The minimum Gasteiger partial charge on any atom is -0.455 e. The van der Waals surface area contributed by atoms with Gasteiger partial charge in [0.15, 0.2) is 0 Å². The van der Waals surface area contributed by atoms with Crippen molar-refractivity contribution in [2.24, 2.45) is 5.73 Å². The first-order chi connectivity index (χ1) is 8.58. The predicted octanol–water partition coefficient (Wildman–Crippen LogP) is 3.12. The zero-order chi connectivity index (χ0) is 13.1. The van der Waals surface area contributed by atoms with Crippen molar-refractivity contribution in [2.45, 2.75) is 6.92 Å². The first kappa shape index (κ1) is 12.4. The molecule has 0 saturated heterocycles. The number of nitrogens with two attached hydrogens (primary N) is 1. The van der Waals surface area contributed by atoms with E-state index >= 15 is 0 Å². The molecule has 1 aromatic carbocycles. The van der Waals surface area contributed by atoms with Crippen molar-refractivity contribution in [3.8, 4) is 11.5 Å². The summed E-state index contributed by atoms with van der Waals surface area (Å²) in [7, 11) is 0. The molecule has 0 amide bonds. The molecule has 0 bridgehead atoms. The number of ether oxygens (including phenoxy) is 1. The summed E-state index contributed by atoms with van der Waals surface area (Å²) in [5, 5.41) is 8.03. The lowest BCUT2D eigenvalue weighted by atomic mass is 10.2. The standard InChI is InChI=1S/C13H12ClN3O/c1-8-11(3-2-6-17-8)18-12-7-9(14)4-5-10(12)13(15)16/h2-7H,1H3,(H3,15,16). The number of nitrogens with one attached hydrogen (secondary N) is 1. The number of aromatic nitrogens is 1. The lowest BCUT2D eigenvalue weighted by Gasteiger charge is -2.11. The van der Waals surface area contributed by atoms with Gasteiger partial charge in [-0.05, 0) is 31.2 Å². The fraction of sp³-hybridized carbons (Fsp3) is 0.0769. The smallest absolute Gasteiger partial charge is 0.148 e. The van der Waals surface area contributed by atoms with Crippen LogP contribution in [0, 0.1) is 12.3 Å².